The molecule has 0 atom stereocenters. The number of para-hydroxylation sites is 1. The van der Waals surface area contributed by atoms with Crippen LogP contribution in [0.25, 0.3) is 72.7 Å². The van der Waals surface area contributed by atoms with Gasteiger partial charge in [-0.05, 0) is 91.9 Å². The molecule has 8 rings (SSSR count). The summed E-state index contributed by atoms with van der Waals surface area (Å²) in [6.45, 7) is 25.4. The third-order valence-corrected chi connectivity index (χ3v) is 12.3. The number of phenols is 1. The Morgan fingerprint density at radius 3 is 1.76 bits per heavy atom. The summed E-state index contributed by atoms with van der Waals surface area (Å²) >= 11 is 0. The Morgan fingerprint density at radius 2 is 1.14 bits per heavy atom. The van der Waals surface area contributed by atoms with Crippen LogP contribution in [0.4, 0.5) is 13.2 Å². The van der Waals surface area contributed by atoms with Gasteiger partial charge in [0.1, 0.15) is 11.6 Å². The van der Waals surface area contributed by atoms with Crippen molar-refractivity contribution in [3.63, 3.8) is 0 Å². The van der Waals surface area contributed by atoms with Crippen molar-refractivity contribution in [1.82, 2.24) is 14.5 Å². The summed E-state index contributed by atoms with van der Waals surface area (Å²) in [5.74, 6) is -3.59. The van der Waals surface area contributed by atoms with Gasteiger partial charge in [-0.25, -0.2) is 18.2 Å². The van der Waals surface area contributed by atoms with E-state index in [0.717, 1.165) is 67.9 Å². The summed E-state index contributed by atoms with van der Waals surface area (Å²) in [6.07, 6.45) is 1.83. The number of aromatic nitrogens is 3. The number of rotatable bonds is 6. The van der Waals surface area contributed by atoms with Crippen molar-refractivity contribution in [1.29, 1.82) is 0 Å². The topological polar surface area (TPSA) is 50.9 Å². The van der Waals surface area contributed by atoms with Crippen LogP contribution in [0.15, 0.2) is 121 Å². The number of pyridine rings is 1. The van der Waals surface area contributed by atoms with E-state index in [1.54, 1.807) is 0 Å². The van der Waals surface area contributed by atoms with Gasteiger partial charge in [0, 0.05) is 44.1 Å². The van der Waals surface area contributed by atoms with Crippen LogP contribution in [-0.4, -0.2) is 19.6 Å². The number of hydrogen-bond donors (Lipinski definition) is 1. The van der Waals surface area contributed by atoms with Crippen molar-refractivity contribution in [3.8, 4) is 67.5 Å². The van der Waals surface area contributed by atoms with E-state index in [1.807, 2.05) is 77.5 Å². The first-order valence-corrected chi connectivity index (χ1v) is 22.2. The molecule has 0 aliphatic rings. The maximum Gasteiger partial charge on any atom is 0.194 e. The number of nitrogens with zero attached hydrogens (tertiary/aromatic N) is 3. The number of aromatic hydroxyl groups is 1. The Morgan fingerprint density at radius 1 is 0.530 bits per heavy atom. The molecule has 2 heterocycles. The predicted molar refractivity (Wildman–Crippen MR) is 261 cm³/mol. The molecular weight excluding hydrogens is 1010 g/mol. The van der Waals surface area contributed by atoms with E-state index in [2.05, 4.69) is 126 Å². The standard InChI is InChI=1S/C58H57F3N3O.Pt/c1-55(2,3)39-21-22-49(43(31-39)37-28-46(59)51(61)47(60)29-37)64-50-20-16-19-42(52(50)63-54(64)44-32-41(57(7,8)9)33-45(53(44)65)58(10,11)12)36-25-38(27-40(26-36)56(4,5)6)48-30-35(23-24-62-48)34-17-14-13-15-18-34;/h13-24,26-33,65H,1-12H3;/q-1;. The Labute approximate surface area is 402 Å². The van der Waals surface area contributed by atoms with Gasteiger partial charge < -0.3 is 5.11 Å². The zero-order valence-electron chi connectivity index (χ0n) is 39.8. The Hall–Kier alpha value is -5.78. The van der Waals surface area contributed by atoms with Gasteiger partial charge in [0.15, 0.2) is 17.5 Å². The van der Waals surface area contributed by atoms with E-state index in [0.29, 0.717) is 33.7 Å². The van der Waals surface area contributed by atoms with E-state index < -0.39 is 22.9 Å². The number of phenolic OH excluding ortho intramolecular Hbond substituents is 1. The van der Waals surface area contributed by atoms with Crippen molar-refractivity contribution in [3.05, 3.63) is 167 Å². The molecule has 8 heteroatoms. The fourth-order valence-electron chi connectivity index (χ4n) is 8.36. The number of benzene rings is 6. The second-order valence-electron chi connectivity index (χ2n) is 21.3. The van der Waals surface area contributed by atoms with Crippen LogP contribution in [0.2, 0.25) is 0 Å². The second-order valence-corrected chi connectivity index (χ2v) is 21.3. The summed E-state index contributed by atoms with van der Waals surface area (Å²) in [5, 5.41) is 12.5. The van der Waals surface area contributed by atoms with Crippen LogP contribution in [0.5, 0.6) is 5.75 Å². The first kappa shape index (κ1) is 48.2. The quantitative estimate of drug-likeness (QED) is 0.133. The summed E-state index contributed by atoms with van der Waals surface area (Å²) < 4.78 is 47.1. The van der Waals surface area contributed by atoms with Gasteiger partial charge in [0.2, 0.25) is 0 Å². The van der Waals surface area contributed by atoms with Crippen molar-refractivity contribution >= 4 is 11.0 Å². The molecule has 0 unspecified atom stereocenters. The van der Waals surface area contributed by atoms with Gasteiger partial charge in [0.05, 0.1) is 22.3 Å². The number of fused-ring (bicyclic) bond motifs is 1. The van der Waals surface area contributed by atoms with Crippen molar-refractivity contribution < 1.29 is 39.3 Å². The van der Waals surface area contributed by atoms with Crippen LogP contribution in [0.1, 0.15) is 105 Å². The molecule has 0 radical (unpaired) electrons. The molecule has 0 fully saturated rings. The molecule has 66 heavy (non-hydrogen) atoms. The molecule has 0 bridgehead atoms. The maximum atomic E-state index is 15.2. The molecule has 4 nitrogen and oxygen atoms in total. The van der Waals surface area contributed by atoms with Gasteiger partial charge in [-0.1, -0.05) is 155 Å². The molecule has 2 aromatic heterocycles. The molecule has 342 valence electrons. The second kappa shape index (κ2) is 17.5. The zero-order valence-corrected chi connectivity index (χ0v) is 42.1. The number of hydrogen-bond acceptors (Lipinski definition) is 3. The van der Waals surface area contributed by atoms with E-state index in [1.165, 1.54) is 0 Å². The smallest absolute Gasteiger partial charge is 0.194 e. The van der Waals surface area contributed by atoms with Crippen molar-refractivity contribution in [2.24, 2.45) is 0 Å². The average Bonchev–Trinajstić information content (AvgIpc) is 3.63. The van der Waals surface area contributed by atoms with E-state index >= 15 is 8.78 Å². The van der Waals surface area contributed by atoms with Gasteiger partial charge in [0.25, 0.3) is 0 Å². The number of halogens is 3. The third kappa shape index (κ3) is 9.29. The van der Waals surface area contributed by atoms with E-state index in [9.17, 15) is 9.50 Å². The Bertz CT molecular complexity index is 3100. The fourth-order valence-corrected chi connectivity index (χ4v) is 8.36. The maximum absolute atomic E-state index is 15.2. The minimum atomic E-state index is -1.53. The van der Waals surface area contributed by atoms with E-state index in [-0.39, 0.29) is 48.6 Å². The SMILES string of the molecule is CC(C)(C)c1cc(-c2cc(-c3ccccc3)ccn2)[c-]c(-c2cccc3c2nc(-c2cc(C(C)(C)C)cc(C(C)(C)C)c2O)n3-c2ccc(C(C)(C)C)cc2-c2cc(F)c(F)c(F)c2)c1.[Pt]. The van der Waals surface area contributed by atoms with Gasteiger partial charge in [-0.2, -0.15) is 0 Å². The van der Waals surface area contributed by atoms with Crippen LogP contribution in [0.3, 0.4) is 0 Å². The molecular formula is C58H57F3N3OPt-. The Kier molecular flexibility index (Phi) is 12.7. The summed E-state index contributed by atoms with van der Waals surface area (Å²) in [5.41, 5.74) is 10.7. The largest absolute Gasteiger partial charge is 0.507 e. The molecule has 6 aromatic carbocycles. The first-order valence-electron chi connectivity index (χ1n) is 22.2. The molecule has 0 amide bonds. The number of imidazole rings is 1. The van der Waals surface area contributed by atoms with Crippen LogP contribution in [0, 0.1) is 23.5 Å². The van der Waals surface area contributed by atoms with Gasteiger partial charge >= 0.3 is 0 Å². The Balaban J connectivity index is 0.00000648. The van der Waals surface area contributed by atoms with Crippen LogP contribution < -0.4 is 0 Å². The van der Waals surface area contributed by atoms with Crippen molar-refractivity contribution in [2.75, 3.05) is 0 Å². The first-order chi connectivity index (χ1) is 30.4. The molecule has 1 N–H and O–H groups in total. The molecule has 0 spiro atoms. The molecule has 0 saturated carbocycles. The minimum Gasteiger partial charge on any atom is -0.507 e. The molecule has 0 aliphatic carbocycles. The fraction of sp³-hybridized carbons (Fsp3) is 0.276. The summed E-state index contributed by atoms with van der Waals surface area (Å²) in [7, 11) is 0. The predicted octanol–water partition coefficient (Wildman–Crippen LogP) is 15.9. The average molecular weight is 1060 g/mol. The summed E-state index contributed by atoms with van der Waals surface area (Å²) in [4.78, 5) is 10.3. The van der Waals surface area contributed by atoms with Crippen LogP contribution in [-0.2, 0) is 42.7 Å². The monoisotopic (exact) mass is 1060 g/mol. The molecule has 0 saturated heterocycles. The minimum absolute atomic E-state index is 0. The van der Waals surface area contributed by atoms with Gasteiger partial charge in [-0.15, -0.1) is 29.3 Å². The van der Waals surface area contributed by atoms with E-state index in [4.69, 9.17) is 9.97 Å². The normalized spacial score (nSPS) is 12.4. The third-order valence-electron chi connectivity index (χ3n) is 12.3. The van der Waals surface area contributed by atoms with Crippen LogP contribution >= 0.6 is 0 Å². The summed E-state index contributed by atoms with van der Waals surface area (Å²) in [6, 6.07) is 40.3. The zero-order chi connectivity index (χ0) is 47.0. The molecule has 8 aromatic rings. The van der Waals surface area contributed by atoms with Crippen molar-refractivity contribution in [2.45, 2.75) is 105 Å². The van der Waals surface area contributed by atoms with Gasteiger partial charge in [-0.3, -0.25) is 9.55 Å². The molecule has 0 aliphatic heterocycles.